The molecule has 0 unspecified atom stereocenters. The predicted molar refractivity (Wildman–Crippen MR) is 80.0 cm³/mol. The van der Waals surface area contributed by atoms with E-state index in [0.717, 1.165) is 5.75 Å². The van der Waals surface area contributed by atoms with Gasteiger partial charge in [0, 0.05) is 22.7 Å². The summed E-state index contributed by atoms with van der Waals surface area (Å²) in [6.07, 6.45) is 0. The number of hydrogen-bond donors (Lipinski definition) is 0. The molecule has 0 spiro atoms. The molecule has 0 saturated carbocycles. The number of nitro benzene ring substituents is 1. The maximum atomic E-state index is 10.7. The first-order chi connectivity index (χ1) is 10.1. The number of ether oxygens (including phenoxy) is 2. The monoisotopic (exact) mass is 307 g/mol. The fraction of sp³-hybridized carbons (Fsp3) is 0.200. The first-order valence-corrected chi connectivity index (χ1v) is 6.76. The van der Waals surface area contributed by atoms with Gasteiger partial charge >= 0.3 is 0 Å². The van der Waals surface area contributed by atoms with Crippen LogP contribution < -0.4 is 9.47 Å². The van der Waals surface area contributed by atoms with Crippen LogP contribution in [0.15, 0.2) is 42.5 Å². The summed E-state index contributed by atoms with van der Waals surface area (Å²) in [6, 6.07) is 11.4. The van der Waals surface area contributed by atoms with E-state index in [-0.39, 0.29) is 12.3 Å². The second-order valence-corrected chi connectivity index (χ2v) is 4.63. The van der Waals surface area contributed by atoms with Crippen LogP contribution in [0.4, 0.5) is 5.69 Å². The average Bonchev–Trinajstić information content (AvgIpc) is 2.48. The molecule has 6 heteroatoms. The molecule has 0 saturated heterocycles. The Balaban J connectivity index is 2.05. The Bertz CT molecular complexity index is 628. The van der Waals surface area contributed by atoms with Gasteiger partial charge in [-0.05, 0) is 37.3 Å². The molecule has 21 heavy (non-hydrogen) atoms. The largest absolute Gasteiger partial charge is 0.494 e. The molecule has 0 aliphatic heterocycles. The zero-order chi connectivity index (χ0) is 15.2. The van der Waals surface area contributed by atoms with E-state index in [0.29, 0.717) is 22.9 Å². The van der Waals surface area contributed by atoms with Gasteiger partial charge in [-0.25, -0.2) is 0 Å². The minimum atomic E-state index is -0.462. The average molecular weight is 308 g/mol. The molecule has 0 N–H and O–H groups in total. The number of nitrogens with zero attached hydrogens (tertiary/aromatic N) is 1. The second-order valence-electron chi connectivity index (χ2n) is 4.23. The SMILES string of the molecule is CCOc1ccc(OCc2cc([N+](=O)[O-])ccc2Cl)cc1. The standard InChI is InChI=1S/C15H14ClNO4/c1-2-20-13-4-6-14(7-5-13)21-10-11-9-12(17(18)19)3-8-15(11)16/h3-9H,2,10H2,1H3. The molecule has 2 aromatic rings. The van der Waals surface area contributed by atoms with Crippen LogP contribution in [-0.2, 0) is 6.61 Å². The van der Waals surface area contributed by atoms with Crippen molar-refractivity contribution in [2.75, 3.05) is 6.61 Å². The van der Waals surface area contributed by atoms with Gasteiger partial charge in [-0.2, -0.15) is 0 Å². The molecule has 0 radical (unpaired) electrons. The number of rotatable bonds is 6. The van der Waals surface area contributed by atoms with Crippen molar-refractivity contribution in [1.29, 1.82) is 0 Å². The Morgan fingerprint density at radius 1 is 1.10 bits per heavy atom. The summed E-state index contributed by atoms with van der Waals surface area (Å²) in [5.74, 6) is 1.40. The van der Waals surface area contributed by atoms with Crippen molar-refractivity contribution in [2.45, 2.75) is 13.5 Å². The molecule has 0 heterocycles. The van der Waals surface area contributed by atoms with E-state index in [1.54, 1.807) is 24.3 Å². The Hall–Kier alpha value is -2.27. The second kappa shape index (κ2) is 6.95. The lowest BCUT2D eigenvalue weighted by Gasteiger charge is -2.09. The molecular weight excluding hydrogens is 294 g/mol. The van der Waals surface area contributed by atoms with E-state index >= 15 is 0 Å². The molecule has 5 nitrogen and oxygen atoms in total. The Kier molecular flexibility index (Phi) is 5.00. The minimum Gasteiger partial charge on any atom is -0.494 e. The van der Waals surface area contributed by atoms with Crippen molar-refractivity contribution < 1.29 is 14.4 Å². The first kappa shape index (κ1) is 15.1. The quantitative estimate of drug-likeness (QED) is 0.592. The van der Waals surface area contributed by atoms with Crippen LogP contribution >= 0.6 is 11.6 Å². The van der Waals surface area contributed by atoms with E-state index in [9.17, 15) is 10.1 Å². The molecular formula is C15H14ClNO4. The number of nitro groups is 1. The third-order valence-corrected chi connectivity index (χ3v) is 3.14. The van der Waals surface area contributed by atoms with Gasteiger partial charge in [0.05, 0.1) is 11.5 Å². The van der Waals surface area contributed by atoms with Gasteiger partial charge in [0.15, 0.2) is 0 Å². The van der Waals surface area contributed by atoms with Gasteiger partial charge in [-0.15, -0.1) is 0 Å². The summed E-state index contributed by atoms with van der Waals surface area (Å²) < 4.78 is 10.9. The minimum absolute atomic E-state index is 0.00954. The highest BCUT2D eigenvalue weighted by Gasteiger charge is 2.10. The maximum absolute atomic E-state index is 10.7. The van der Waals surface area contributed by atoms with E-state index in [1.807, 2.05) is 6.92 Å². The van der Waals surface area contributed by atoms with Gasteiger partial charge in [0.2, 0.25) is 0 Å². The van der Waals surface area contributed by atoms with Gasteiger partial charge in [0.1, 0.15) is 18.1 Å². The summed E-state index contributed by atoms with van der Waals surface area (Å²) in [6.45, 7) is 2.67. The fourth-order valence-corrected chi connectivity index (χ4v) is 1.92. The molecule has 0 aliphatic rings. The third kappa shape index (κ3) is 4.10. The molecule has 2 rings (SSSR count). The van der Waals surface area contributed by atoms with E-state index in [1.165, 1.54) is 18.2 Å². The molecule has 2 aromatic carbocycles. The van der Waals surface area contributed by atoms with Crippen LogP contribution in [0.1, 0.15) is 12.5 Å². The van der Waals surface area contributed by atoms with Crippen molar-refractivity contribution in [1.82, 2.24) is 0 Å². The predicted octanol–water partition coefficient (Wildman–Crippen LogP) is 4.23. The summed E-state index contributed by atoms with van der Waals surface area (Å²) in [5.41, 5.74) is 0.560. The van der Waals surface area contributed by atoms with Crippen molar-refractivity contribution in [2.24, 2.45) is 0 Å². The third-order valence-electron chi connectivity index (χ3n) is 2.77. The molecule has 0 bridgehead atoms. The lowest BCUT2D eigenvalue weighted by molar-refractivity contribution is -0.384. The topological polar surface area (TPSA) is 61.6 Å². The normalized spacial score (nSPS) is 10.2. The number of halogens is 1. The van der Waals surface area contributed by atoms with E-state index < -0.39 is 4.92 Å². The summed E-state index contributed by atoms with van der Waals surface area (Å²) in [7, 11) is 0. The molecule has 110 valence electrons. The molecule has 0 atom stereocenters. The Morgan fingerprint density at radius 2 is 1.71 bits per heavy atom. The first-order valence-electron chi connectivity index (χ1n) is 6.38. The highest BCUT2D eigenvalue weighted by atomic mass is 35.5. The van der Waals surface area contributed by atoms with Gasteiger partial charge in [-0.3, -0.25) is 10.1 Å². The summed E-state index contributed by atoms with van der Waals surface area (Å²) >= 11 is 6.01. The number of benzene rings is 2. The van der Waals surface area contributed by atoms with Gasteiger partial charge < -0.3 is 9.47 Å². The Morgan fingerprint density at radius 3 is 2.29 bits per heavy atom. The lowest BCUT2D eigenvalue weighted by Crippen LogP contribution is -1.98. The highest BCUT2D eigenvalue weighted by Crippen LogP contribution is 2.24. The maximum Gasteiger partial charge on any atom is 0.269 e. The zero-order valence-electron chi connectivity index (χ0n) is 11.4. The summed E-state index contributed by atoms with van der Waals surface area (Å²) in [5, 5.41) is 11.2. The van der Waals surface area contributed by atoms with Gasteiger partial charge in [0.25, 0.3) is 5.69 Å². The highest BCUT2D eigenvalue weighted by molar-refractivity contribution is 6.31. The van der Waals surface area contributed by atoms with Gasteiger partial charge in [-0.1, -0.05) is 11.6 Å². The molecule has 0 amide bonds. The van der Waals surface area contributed by atoms with Crippen molar-refractivity contribution in [3.8, 4) is 11.5 Å². The van der Waals surface area contributed by atoms with Crippen molar-refractivity contribution in [3.05, 3.63) is 63.2 Å². The molecule has 0 aromatic heterocycles. The van der Waals surface area contributed by atoms with Crippen molar-refractivity contribution in [3.63, 3.8) is 0 Å². The van der Waals surface area contributed by atoms with Crippen LogP contribution in [0.2, 0.25) is 5.02 Å². The molecule has 0 fully saturated rings. The Labute approximate surface area is 127 Å². The fourth-order valence-electron chi connectivity index (χ4n) is 1.75. The molecule has 0 aliphatic carbocycles. The summed E-state index contributed by atoms with van der Waals surface area (Å²) in [4.78, 5) is 10.3. The smallest absolute Gasteiger partial charge is 0.269 e. The van der Waals surface area contributed by atoms with E-state index in [2.05, 4.69) is 0 Å². The zero-order valence-corrected chi connectivity index (χ0v) is 12.2. The number of non-ortho nitro benzene ring substituents is 1. The van der Waals surface area contributed by atoms with Crippen molar-refractivity contribution >= 4 is 17.3 Å². The van der Waals surface area contributed by atoms with Crippen LogP contribution in [0.3, 0.4) is 0 Å². The lowest BCUT2D eigenvalue weighted by atomic mass is 10.2. The van der Waals surface area contributed by atoms with Crippen LogP contribution in [-0.4, -0.2) is 11.5 Å². The number of hydrogen-bond acceptors (Lipinski definition) is 4. The van der Waals surface area contributed by atoms with E-state index in [4.69, 9.17) is 21.1 Å². The van der Waals surface area contributed by atoms with Crippen LogP contribution in [0.25, 0.3) is 0 Å². The van der Waals surface area contributed by atoms with Crippen LogP contribution in [0, 0.1) is 10.1 Å². The van der Waals surface area contributed by atoms with Crippen LogP contribution in [0.5, 0.6) is 11.5 Å².